The number of hydrogen-bond donors (Lipinski definition) is 0. The smallest absolute Gasteiger partial charge is 0.228 e. The molecule has 1 spiro atoms. The largest absolute Gasteiger partial charge is 0.338 e. The fourth-order valence-corrected chi connectivity index (χ4v) is 5.81. The van der Waals surface area contributed by atoms with E-state index in [4.69, 9.17) is 0 Å². The Labute approximate surface area is 186 Å². The lowest BCUT2D eigenvalue weighted by atomic mass is 9.74. The summed E-state index contributed by atoms with van der Waals surface area (Å²) >= 11 is 0. The zero-order chi connectivity index (χ0) is 21.8. The summed E-state index contributed by atoms with van der Waals surface area (Å²) in [6.07, 6.45) is 2.91. The molecule has 1 saturated heterocycles. The second-order valence-electron chi connectivity index (χ2n) is 9.89. The third-order valence-corrected chi connectivity index (χ3v) is 7.62. The molecule has 1 fully saturated rings. The summed E-state index contributed by atoms with van der Waals surface area (Å²) in [5.41, 5.74) is 6.56. The van der Waals surface area contributed by atoms with E-state index in [0.717, 1.165) is 31.9 Å². The van der Waals surface area contributed by atoms with Crippen LogP contribution in [0.3, 0.4) is 0 Å². The quantitative estimate of drug-likeness (QED) is 0.749. The summed E-state index contributed by atoms with van der Waals surface area (Å²) in [7, 11) is 6.28. The van der Waals surface area contributed by atoms with E-state index in [2.05, 4.69) is 71.1 Å². The van der Waals surface area contributed by atoms with Crippen LogP contribution in [0.5, 0.6) is 0 Å². The van der Waals surface area contributed by atoms with Crippen molar-refractivity contribution in [2.24, 2.45) is 0 Å². The van der Waals surface area contributed by atoms with Crippen molar-refractivity contribution in [3.8, 4) is 0 Å². The summed E-state index contributed by atoms with van der Waals surface area (Å²) in [5, 5.41) is 0. The number of rotatable bonds is 3. The highest BCUT2D eigenvalue weighted by Crippen LogP contribution is 2.56. The molecule has 0 saturated carbocycles. The van der Waals surface area contributed by atoms with Gasteiger partial charge < -0.3 is 19.6 Å². The number of benzene rings is 2. The Kier molecular flexibility index (Phi) is 5.06. The van der Waals surface area contributed by atoms with Gasteiger partial charge in [0.1, 0.15) is 0 Å². The lowest BCUT2D eigenvalue weighted by Crippen LogP contribution is -2.43. The van der Waals surface area contributed by atoms with Crippen LogP contribution in [-0.4, -0.2) is 63.0 Å². The van der Waals surface area contributed by atoms with Crippen molar-refractivity contribution in [2.75, 3.05) is 57.1 Å². The van der Waals surface area contributed by atoms with Gasteiger partial charge in [-0.25, -0.2) is 0 Å². The number of carbonyl (C=O) groups is 1. The molecule has 1 amide bonds. The molecule has 164 valence electrons. The summed E-state index contributed by atoms with van der Waals surface area (Å²) in [5.74, 6) is 0.196. The maximum absolute atomic E-state index is 13.5. The molecule has 2 aromatic rings. The van der Waals surface area contributed by atoms with Crippen molar-refractivity contribution in [3.63, 3.8) is 0 Å². The number of anilines is 3. The van der Waals surface area contributed by atoms with E-state index < -0.39 is 0 Å². The molecular formula is C26H34N4O. The molecule has 5 rings (SSSR count). The maximum atomic E-state index is 13.5. The molecule has 1 atom stereocenters. The van der Waals surface area contributed by atoms with Gasteiger partial charge in [0.2, 0.25) is 5.91 Å². The third-order valence-electron chi connectivity index (χ3n) is 7.62. The van der Waals surface area contributed by atoms with E-state index in [1.165, 1.54) is 35.3 Å². The first-order valence-electron chi connectivity index (χ1n) is 11.6. The molecule has 0 N–H and O–H groups in total. The van der Waals surface area contributed by atoms with Gasteiger partial charge in [-0.05, 0) is 77.3 Å². The van der Waals surface area contributed by atoms with Crippen molar-refractivity contribution in [1.82, 2.24) is 9.80 Å². The van der Waals surface area contributed by atoms with Gasteiger partial charge in [0.05, 0.1) is 23.1 Å². The molecule has 0 bridgehead atoms. The predicted octanol–water partition coefficient (Wildman–Crippen LogP) is 4.16. The van der Waals surface area contributed by atoms with Gasteiger partial charge in [-0.2, -0.15) is 0 Å². The number of amides is 1. The molecule has 3 heterocycles. The highest BCUT2D eigenvalue weighted by atomic mass is 16.2. The average molecular weight is 419 g/mol. The first-order chi connectivity index (χ1) is 14.9. The third kappa shape index (κ3) is 3.26. The van der Waals surface area contributed by atoms with Crippen LogP contribution < -0.4 is 9.80 Å². The zero-order valence-electron chi connectivity index (χ0n) is 19.3. The van der Waals surface area contributed by atoms with Gasteiger partial charge in [-0.1, -0.05) is 30.3 Å². The molecule has 2 aromatic carbocycles. The Balaban J connectivity index is 1.64. The average Bonchev–Trinajstić information content (AvgIpc) is 3.04. The Bertz CT molecular complexity index is 993. The van der Waals surface area contributed by atoms with E-state index >= 15 is 0 Å². The van der Waals surface area contributed by atoms with Crippen LogP contribution >= 0.6 is 0 Å². The summed E-state index contributed by atoms with van der Waals surface area (Å²) < 4.78 is 0. The van der Waals surface area contributed by atoms with E-state index in [0.29, 0.717) is 6.42 Å². The monoisotopic (exact) mass is 418 g/mol. The number of hydrogen-bond acceptors (Lipinski definition) is 4. The van der Waals surface area contributed by atoms with E-state index in [-0.39, 0.29) is 17.4 Å². The van der Waals surface area contributed by atoms with Gasteiger partial charge in [-0.3, -0.25) is 4.79 Å². The number of para-hydroxylation sites is 3. The first kappa shape index (κ1) is 20.5. The molecule has 0 radical (unpaired) electrons. The summed E-state index contributed by atoms with van der Waals surface area (Å²) in [6.45, 7) is 6.25. The molecule has 0 aliphatic carbocycles. The normalized spacial score (nSPS) is 21.9. The van der Waals surface area contributed by atoms with Crippen LogP contribution in [0.4, 0.5) is 17.1 Å². The molecule has 0 aromatic heterocycles. The fraction of sp³-hybridized carbons (Fsp3) is 0.500. The second kappa shape index (κ2) is 7.64. The lowest BCUT2D eigenvalue weighted by molar-refractivity contribution is -0.119. The summed E-state index contributed by atoms with van der Waals surface area (Å²) in [4.78, 5) is 22.6. The standard InChI is InChI=1S/C26H34N4O/c1-19-20-8-7-9-21-25(20)29(18-26(21)13-16-28(4)17-14-26)22-10-5-6-11-23(22)30(19)24(31)12-15-27(2)3/h5-11,19H,12-18H2,1-4H3. The van der Waals surface area contributed by atoms with E-state index in [1.807, 2.05) is 19.0 Å². The zero-order valence-corrected chi connectivity index (χ0v) is 19.3. The number of carbonyl (C=O) groups excluding carboxylic acids is 1. The number of fused-ring (bicyclic) bond motifs is 3. The number of nitrogens with zero attached hydrogens (tertiary/aromatic N) is 4. The number of piperidine rings is 1. The SMILES string of the molecule is CC1c2cccc3c2N(CC32CCN(C)CC2)c2ccccc2N1C(=O)CCN(C)C. The maximum Gasteiger partial charge on any atom is 0.228 e. The Morgan fingerprint density at radius 1 is 1.06 bits per heavy atom. The minimum Gasteiger partial charge on any atom is -0.338 e. The highest BCUT2D eigenvalue weighted by Gasteiger charge is 2.48. The lowest BCUT2D eigenvalue weighted by Gasteiger charge is -2.39. The Morgan fingerprint density at radius 3 is 2.48 bits per heavy atom. The molecule has 5 nitrogen and oxygen atoms in total. The fourth-order valence-electron chi connectivity index (χ4n) is 5.81. The van der Waals surface area contributed by atoms with Gasteiger partial charge >= 0.3 is 0 Å². The predicted molar refractivity (Wildman–Crippen MR) is 127 cm³/mol. The van der Waals surface area contributed by atoms with Crippen LogP contribution in [0.15, 0.2) is 42.5 Å². The molecule has 1 unspecified atom stereocenters. The molecule has 3 aliphatic rings. The summed E-state index contributed by atoms with van der Waals surface area (Å²) in [6, 6.07) is 15.3. The van der Waals surface area contributed by atoms with Crippen molar-refractivity contribution in [2.45, 2.75) is 37.6 Å². The van der Waals surface area contributed by atoms with Crippen LogP contribution in [0.1, 0.15) is 43.4 Å². The van der Waals surface area contributed by atoms with Crippen molar-refractivity contribution < 1.29 is 4.79 Å². The van der Waals surface area contributed by atoms with Gasteiger partial charge in [0, 0.05) is 24.9 Å². The molecule has 5 heteroatoms. The first-order valence-corrected chi connectivity index (χ1v) is 11.6. The van der Waals surface area contributed by atoms with Crippen molar-refractivity contribution in [1.29, 1.82) is 0 Å². The van der Waals surface area contributed by atoms with Gasteiger partial charge in [0.15, 0.2) is 0 Å². The number of likely N-dealkylation sites (tertiary alicyclic amines) is 1. The Hall–Kier alpha value is -2.37. The second-order valence-corrected chi connectivity index (χ2v) is 9.89. The van der Waals surface area contributed by atoms with Gasteiger partial charge in [0.25, 0.3) is 0 Å². The van der Waals surface area contributed by atoms with E-state index in [9.17, 15) is 4.79 Å². The minimum absolute atomic E-state index is 0.0113. The minimum atomic E-state index is 0.0113. The molecule has 31 heavy (non-hydrogen) atoms. The Morgan fingerprint density at radius 2 is 1.77 bits per heavy atom. The van der Waals surface area contributed by atoms with Gasteiger partial charge in [-0.15, -0.1) is 0 Å². The van der Waals surface area contributed by atoms with Crippen LogP contribution in [-0.2, 0) is 10.2 Å². The van der Waals surface area contributed by atoms with Crippen molar-refractivity contribution >= 4 is 23.0 Å². The van der Waals surface area contributed by atoms with Crippen LogP contribution in [0, 0.1) is 0 Å². The van der Waals surface area contributed by atoms with E-state index in [1.54, 1.807) is 0 Å². The highest BCUT2D eigenvalue weighted by molar-refractivity contribution is 6.00. The van der Waals surface area contributed by atoms with Crippen LogP contribution in [0.25, 0.3) is 0 Å². The van der Waals surface area contributed by atoms with Crippen molar-refractivity contribution in [3.05, 3.63) is 53.6 Å². The topological polar surface area (TPSA) is 30.0 Å². The molecule has 3 aliphatic heterocycles. The molecular weight excluding hydrogens is 384 g/mol. The van der Waals surface area contributed by atoms with Crippen LogP contribution in [0.2, 0.25) is 0 Å².